The highest BCUT2D eigenvalue weighted by Crippen LogP contribution is 2.11. The Morgan fingerprint density at radius 1 is 0.880 bits per heavy atom. The van der Waals surface area contributed by atoms with E-state index in [0.29, 0.717) is 6.61 Å². The monoisotopic (exact) mass is 341 g/mol. The number of guanidine groups is 1. The quantitative estimate of drug-likeness (QED) is 0.573. The summed E-state index contributed by atoms with van der Waals surface area (Å²) >= 11 is 0. The number of hydrogen-bond acceptors (Lipinski definition) is 3. The van der Waals surface area contributed by atoms with Crippen molar-refractivity contribution >= 4 is 5.96 Å². The fourth-order valence-electron chi connectivity index (χ4n) is 2.44. The molecule has 0 aromatic heterocycles. The van der Waals surface area contributed by atoms with Crippen molar-refractivity contribution in [3.63, 3.8) is 0 Å². The van der Waals surface area contributed by atoms with E-state index in [0.717, 1.165) is 31.2 Å². The van der Waals surface area contributed by atoms with Gasteiger partial charge in [-0.2, -0.15) is 0 Å². The number of benzene rings is 2. The van der Waals surface area contributed by atoms with Gasteiger partial charge in [-0.3, -0.25) is 4.99 Å². The number of methoxy groups -OCH3 is 2. The summed E-state index contributed by atoms with van der Waals surface area (Å²) in [7, 11) is 5.17. The van der Waals surface area contributed by atoms with Crippen molar-refractivity contribution in [2.45, 2.75) is 19.6 Å². The lowest BCUT2D eigenvalue weighted by Gasteiger charge is -2.12. The molecule has 0 aliphatic rings. The molecule has 2 N–H and O–H groups in total. The van der Waals surface area contributed by atoms with E-state index >= 15 is 0 Å². The minimum absolute atomic E-state index is 0.641. The molecule has 0 heterocycles. The summed E-state index contributed by atoms with van der Waals surface area (Å²) in [6.07, 6.45) is 0.927. The number of ether oxygens (including phenoxy) is 2. The molecule has 0 amide bonds. The van der Waals surface area contributed by atoms with Gasteiger partial charge in [-0.05, 0) is 35.2 Å². The SMILES string of the molecule is CN=C(NCCc1ccc(OC)cc1)NCc1ccc(COC)cc1. The van der Waals surface area contributed by atoms with E-state index in [2.05, 4.69) is 52.0 Å². The van der Waals surface area contributed by atoms with Crippen LogP contribution in [-0.2, 0) is 24.3 Å². The maximum atomic E-state index is 5.17. The standard InChI is InChI=1S/C20H27N3O2/c1-21-20(22-13-12-16-8-10-19(25-3)11-9-16)23-14-17-4-6-18(7-5-17)15-24-2/h4-11H,12-15H2,1-3H3,(H2,21,22,23). The van der Waals surface area contributed by atoms with Crippen LogP contribution >= 0.6 is 0 Å². The first-order valence-electron chi connectivity index (χ1n) is 8.39. The molecule has 0 aliphatic carbocycles. The minimum atomic E-state index is 0.641. The third-order valence-corrected chi connectivity index (χ3v) is 3.88. The first-order valence-corrected chi connectivity index (χ1v) is 8.39. The number of nitrogens with zero attached hydrogens (tertiary/aromatic N) is 1. The van der Waals surface area contributed by atoms with Crippen LogP contribution in [0.2, 0.25) is 0 Å². The zero-order valence-electron chi connectivity index (χ0n) is 15.2. The van der Waals surface area contributed by atoms with Crippen LogP contribution in [0.1, 0.15) is 16.7 Å². The molecule has 0 saturated carbocycles. The van der Waals surface area contributed by atoms with Crippen LogP contribution in [0, 0.1) is 0 Å². The number of hydrogen-bond donors (Lipinski definition) is 2. The van der Waals surface area contributed by atoms with Crippen LogP contribution in [0.4, 0.5) is 0 Å². The average Bonchev–Trinajstić information content (AvgIpc) is 2.66. The lowest BCUT2D eigenvalue weighted by atomic mass is 10.1. The first kappa shape index (κ1) is 18.8. The Labute approximate surface area is 150 Å². The fourth-order valence-corrected chi connectivity index (χ4v) is 2.44. The van der Waals surface area contributed by atoms with Gasteiger partial charge >= 0.3 is 0 Å². The Bertz CT molecular complexity index is 652. The third kappa shape index (κ3) is 6.47. The predicted octanol–water partition coefficient (Wildman–Crippen LogP) is 2.75. The molecule has 0 radical (unpaired) electrons. The van der Waals surface area contributed by atoms with Crippen molar-refractivity contribution in [2.24, 2.45) is 4.99 Å². The van der Waals surface area contributed by atoms with Crippen LogP contribution in [0.5, 0.6) is 5.75 Å². The molecule has 0 spiro atoms. The van der Waals surface area contributed by atoms with E-state index in [1.165, 1.54) is 16.7 Å². The second-order valence-corrected chi connectivity index (χ2v) is 5.70. The van der Waals surface area contributed by atoms with E-state index < -0.39 is 0 Å². The summed E-state index contributed by atoms with van der Waals surface area (Å²) in [6, 6.07) is 16.5. The number of aliphatic imine (C=N–C) groups is 1. The Morgan fingerprint density at radius 3 is 2.12 bits per heavy atom. The zero-order chi connectivity index (χ0) is 17.9. The predicted molar refractivity (Wildman–Crippen MR) is 102 cm³/mol. The van der Waals surface area contributed by atoms with Gasteiger partial charge in [0.15, 0.2) is 5.96 Å². The minimum Gasteiger partial charge on any atom is -0.497 e. The van der Waals surface area contributed by atoms with Gasteiger partial charge in [-0.25, -0.2) is 0 Å². The van der Waals surface area contributed by atoms with Gasteiger partial charge in [-0.15, -0.1) is 0 Å². The van der Waals surface area contributed by atoms with Crippen LogP contribution < -0.4 is 15.4 Å². The molecule has 0 unspecified atom stereocenters. The molecule has 0 atom stereocenters. The summed E-state index contributed by atoms with van der Waals surface area (Å²) < 4.78 is 10.3. The second-order valence-electron chi connectivity index (χ2n) is 5.70. The molecular formula is C20H27N3O2. The first-order chi connectivity index (χ1) is 12.2. The Hall–Kier alpha value is -2.53. The highest BCUT2D eigenvalue weighted by atomic mass is 16.5. The molecule has 25 heavy (non-hydrogen) atoms. The van der Waals surface area contributed by atoms with Crippen molar-refractivity contribution in [1.29, 1.82) is 0 Å². The van der Waals surface area contributed by atoms with E-state index in [1.807, 2.05) is 12.1 Å². The molecule has 0 aliphatic heterocycles. The van der Waals surface area contributed by atoms with Crippen molar-refractivity contribution < 1.29 is 9.47 Å². The van der Waals surface area contributed by atoms with Gasteiger partial charge in [0.05, 0.1) is 13.7 Å². The highest BCUT2D eigenvalue weighted by molar-refractivity contribution is 5.79. The van der Waals surface area contributed by atoms with E-state index in [-0.39, 0.29) is 0 Å². The highest BCUT2D eigenvalue weighted by Gasteiger charge is 2.00. The molecule has 2 aromatic carbocycles. The third-order valence-electron chi connectivity index (χ3n) is 3.88. The van der Waals surface area contributed by atoms with Crippen molar-refractivity contribution in [1.82, 2.24) is 10.6 Å². The largest absolute Gasteiger partial charge is 0.497 e. The molecule has 2 rings (SSSR count). The summed E-state index contributed by atoms with van der Waals surface area (Å²) in [6.45, 7) is 2.19. The lowest BCUT2D eigenvalue weighted by Crippen LogP contribution is -2.37. The lowest BCUT2D eigenvalue weighted by molar-refractivity contribution is 0.185. The van der Waals surface area contributed by atoms with Crippen LogP contribution in [0.3, 0.4) is 0 Å². The Kier molecular flexibility index (Phi) is 7.79. The summed E-state index contributed by atoms with van der Waals surface area (Å²) in [5.41, 5.74) is 3.64. The maximum Gasteiger partial charge on any atom is 0.191 e. The van der Waals surface area contributed by atoms with E-state index in [9.17, 15) is 0 Å². The summed E-state index contributed by atoms with van der Waals surface area (Å²) in [5.74, 6) is 1.68. The van der Waals surface area contributed by atoms with Crippen LogP contribution in [0.25, 0.3) is 0 Å². The van der Waals surface area contributed by atoms with Gasteiger partial charge in [-0.1, -0.05) is 36.4 Å². The maximum absolute atomic E-state index is 5.17. The Balaban J connectivity index is 1.74. The fraction of sp³-hybridized carbons (Fsp3) is 0.350. The zero-order valence-corrected chi connectivity index (χ0v) is 15.2. The molecule has 0 saturated heterocycles. The van der Waals surface area contributed by atoms with Crippen molar-refractivity contribution in [3.8, 4) is 5.75 Å². The van der Waals surface area contributed by atoms with E-state index in [1.54, 1.807) is 21.3 Å². The van der Waals surface area contributed by atoms with Gasteiger partial charge < -0.3 is 20.1 Å². The second kappa shape index (κ2) is 10.4. The summed E-state index contributed by atoms with van der Waals surface area (Å²) in [4.78, 5) is 4.26. The molecule has 5 heteroatoms. The molecule has 0 fully saturated rings. The van der Waals surface area contributed by atoms with Crippen molar-refractivity contribution in [3.05, 3.63) is 65.2 Å². The van der Waals surface area contributed by atoms with Gasteiger partial charge in [0.25, 0.3) is 0 Å². The molecule has 134 valence electrons. The van der Waals surface area contributed by atoms with Gasteiger partial charge in [0.1, 0.15) is 5.75 Å². The van der Waals surface area contributed by atoms with Crippen LogP contribution in [-0.4, -0.2) is 33.8 Å². The summed E-state index contributed by atoms with van der Waals surface area (Å²) in [5, 5.41) is 6.67. The topological polar surface area (TPSA) is 54.9 Å². The number of nitrogens with one attached hydrogen (secondary N) is 2. The smallest absolute Gasteiger partial charge is 0.191 e. The molecular weight excluding hydrogens is 314 g/mol. The molecule has 0 bridgehead atoms. The van der Waals surface area contributed by atoms with Crippen LogP contribution in [0.15, 0.2) is 53.5 Å². The van der Waals surface area contributed by atoms with E-state index in [4.69, 9.17) is 9.47 Å². The molecule has 5 nitrogen and oxygen atoms in total. The van der Waals surface area contributed by atoms with Crippen molar-refractivity contribution in [2.75, 3.05) is 27.8 Å². The average molecular weight is 341 g/mol. The van der Waals surface area contributed by atoms with Gasteiger partial charge in [0, 0.05) is 27.2 Å². The Morgan fingerprint density at radius 2 is 1.52 bits per heavy atom. The number of rotatable bonds is 8. The normalized spacial score (nSPS) is 11.2. The molecule has 2 aromatic rings. The van der Waals surface area contributed by atoms with Gasteiger partial charge in [0.2, 0.25) is 0 Å².